The van der Waals surface area contributed by atoms with Gasteiger partial charge in [0.1, 0.15) is 6.04 Å². The maximum atomic E-state index is 10.7. The molecule has 2 atom stereocenters. The molecule has 13 heavy (non-hydrogen) atoms. The lowest BCUT2D eigenvalue weighted by molar-refractivity contribution is -0.140. The quantitative estimate of drug-likeness (QED) is 0.534. The standard InChI is InChI=1S/C8H14N2O3/c1-5(11)10-6-2-3-9-7(4-6)8(12)13/h6-7,9H,2-4H2,1H3,(H,10,11)(H,12,13). The molecule has 1 aliphatic rings. The van der Waals surface area contributed by atoms with Gasteiger partial charge in [0.2, 0.25) is 5.91 Å². The molecular weight excluding hydrogens is 172 g/mol. The van der Waals surface area contributed by atoms with E-state index in [1.165, 1.54) is 6.92 Å². The number of hydrogen-bond acceptors (Lipinski definition) is 3. The highest BCUT2D eigenvalue weighted by atomic mass is 16.4. The van der Waals surface area contributed by atoms with Gasteiger partial charge in [-0.3, -0.25) is 9.59 Å². The first-order valence-electron chi connectivity index (χ1n) is 4.33. The van der Waals surface area contributed by atoms with E-state index in [-0.39, 0.29) is 11.9 Å². The monoisotopic (exact) mass is 186 g/mol. The van der Waals surface area contributed by atoms with Gasteiger partial charge in [-0.15, -0.1) is 0 Å². The lowest BCUT2D eigenvalue weighted by Gasteiger charge is -2.27. The van der Waals surface area contributed by atoms with Gasteiger partial charge >= 0.3 is 5.97 Å². The average Bonchev–Trinajstić information content (AvgIpc) is 2.03. The number of carbonyl (C=O) groups is 2. The zero-order valence-electron chi connectivity index (χ0n) is 7.54. The number of nitrogens with one attached hydrogen (secondary N) is 2. The third kappa shape index (κ3) is 3.02. The molecular formula is C8H14N2O3. The summed E-state index contributed by atoms with van der Waals surface area (Å²) in [5.74, 6) is -0.953. The summed E-state index contributed by atoms with van der Waals surface area (Å²) in [6.45, 7) is 2.08. The highest BCUT2D eigenvalue weighted by Gasteiger charge is 2.26. The largest absolute Gasteiger partial charge is 0.480 e. The molecule has 0 aromatic rings. The number of carboxylic acid groups (broad SMARTS) is 1. The molecule has 1 heterocycles. The smallest absolute Gasteiger partial charge is 0.320 e. The summed E-state index contributed by atoms with van der Waals surface area (Å²) in [6.07, 6.45) is 1.26. The van der Waals surface area contributed by atoms with Gasteiger partial charge in [-0.05, 0) is 19.4 Å². The van der Waals surface area contributed by atoms with Gasteiger partial charge in [0.25, 0.3) is 0 Å². The first kappa shape index (κ1) is 9.98. The maximum absolute atomic E-state index is 10.7. The van der Waals surface area contributed by atoms with Crippen molar-refractivity contribution in [1.29, 1.82) is 0 Å². The molecule has 0 aromatic carbocycles. The van der Waals surface area contributed by atoms with Gasteiger partial charge in [0.15, 0.2) is 0 Å². The van der Waals surface area contributed by atoms with Crippen molar-refractivity contribution in [1.82, 2.24) is 10.6 Å². The zero-order chi connectivity index (χ0) is 9.84. The Labute approximate surface area is 76.5 Å². The Morgan fingerprint density at radius 2 is 2.23 bits per heavy atom. The second-order valence-electron chi connectivity index (χ2n) is 3.27. The summed E-state index contributed by atoms with van der Waals surface area (Å²) >= 11 is 0. The molecule has 1 fully saturated rings. The van der Waals surface area contributed by atoms with Crippen LogP contribution in [0.25, 0.3) is 0 Å². The molecule has 0 aliphatic carbocycles. The van der Waals surface area contributed by atoms with Gasteiger partial charge in [-0.2, -0.15) is 0 Å². The summed E-state index contributed by atoms with van der Waals surface area (Å²) in [5, 5.41) is 14.3. The Kier molecular flexibility index (Phi) is 3.25. The molecule has 0 spiro atoms. The van der Waals surface area contributed by atoms with Crippen LogP contribution in [0.15, 0.2) is 0 Å². The van der Waals surface area contributed by atoms with E-state index in [9.17, 15) is 9.59 Å². The van der Waals surface area contributed by atoms with Crippen molar-refractivity contribution in [2.45, 2.75) is 31.8 Å². The normalized spacial score (nSPS) is 28.1. The first-order chi connectivity index (χ1) is 6.09. The molecule has 1 saturated heterocycles. The fourth-order valence-corrected chi connectivity index (χ4v) is 1.52. The van der Waals surface area contributed by atoms with E-state index in [1.807, 2.05) is 0 Å². The van der Waals surface area contributed by atoms with Crippen molar-refractivity contribution in [3.63, 3.8) is 0 Å². The van der Waals surface area contributed by atoms with Crippen LogP contribution < -0.4 is 10.6 Å². The van der Waals surface area contributed by atoms with Gasteiger partial charge < -0.3 is 15.7 Å². The lowest BCUT2D eigenvalue weighted by Crippen LogP contribution is -2.50. The number of piperidine rings is 1. The predicted molar refractivity (Wildman–Crippen MR) is 46.3 cm³/mol. The Bertz CT molecular complexity index is 217. The van der Waals surface area contributed by atoms with E-state index >= 15 is 0 Å². The van der Waals surface area contributed by atoms with Crippen LogP contribution in [0.4, 0.5) is 0 Å². The number of carbonyl (C=O) groups excluding carboxylic acids is 1. The number of rotatable bonds is 2. The maximum Gasteiger partial charge on any atom is 0.320 e. The van der Waals surface area contributed by atoms with Crippen LogP contribution in [0.1, 0.15) is 19.8 Å². The molecule has 3 N–H and O–H groups in total. The van der Waals surface area contributed by atoms with Crippen LogP contribution in [-0.4, -0.2) is 35.6 Å². The first-order valence-corrected chi connectivity index (χ1v) is 4.33. The Morgan fingerprint density at radius 1 is 1.54 bits per heavy atom. The van der Waals surface area contributed by atoms with Crippen LogP contribution in [0, 0.1) is 0 Å². The average molecular weight is 186 g/mol. The Balaban J connectivity index is 2.41. The van der Waals surface area contributed by atoms with Crippen molar-refractivity contribution >= 4 is 11.9 Å². The van der Waals surface area contributed by atoms with E-state index < -0.39 is 12.0 Å². The molecule has 74 valence electrons. The summed E-state index contributed by atoms with van der Waals surface area (Å²) in [7, 11) is 0. The predicted octanol–water partition coefficient (Wildman–Crippen LogP) is -0.672. The van der Waals surface area contributed by atoms with Crippen molar-refractivity contribution in [3.8, 4) is 0 Å². The number of carboxylic acids is 1. The lowest BCUT2D eigenvalue weighted by atomic mass is 9.99. The fourth-order valence-electron chi connectivity index (χ4n) is 1.52. The highest BCUT2D eigenvalue weighted by Crippen LogP contribution is 2.08. The summed E-state index contributed by atoms with van der Waals surface area (Å²) in [5.41, 5.74) is 0. The molecule has 1 rings (SSSR count). The summed E-state index contributed by atoms with van der Waals surface area (Å²) < 4.78 is 0. The van der Waals surface area contributed by atoms with Crippen LogP contribution in [-0.2, 0) is 9.59 Å². The third-order valence-corrected chi connectivity index (χ3v) is 2.11. The van der Waals surface area contributed by atoms with Gasteiger partial charge in [-0.25, -0.2) is 0 Å². The third-order valence-electron chi connectivity index (χ3n) is 2.11. The number of hydrogen-bond donors (Lipinski definition) is 3. The minimum atomic E-state index is -0.852. The van der Waals surface area contributed by atoms with Crippen molar-refractivity contribution in [2.75, 3.05) is 6.54 Å². The fraction of sp³-hybridized carbons (Fsp3) is 0.750. The van der Waals surface area contributed by atoms with Gasteiger partial charge in [0.05, 0.1) is 0 Å². The SMILES string of the molecule is CC(=O)NC1CCNC(C(=O)O)C1. The topological polar surface area (TPSA) is 78.4 Å². The van der Waals surface area contributed by atoms with E-state index in [2.05, 4.69) is 10.6 Å². The minimum absolute atomic E-state index is 0.000139. The number of amides is 1. The number of aliphatic carboxylic acids is 1. The van der Waals surface area contributed by atoms with Crippen molar-refractivity contribution in [3.05, 3.63) is 0 Å². The molecule has 2 unspecified atom stereocenters. The zero-order valence-corrected chi connectivity index (χ0v) is 7.54. The molecule has 1 aliphatic heterocycles. The van der Waals surface area contributed by atoms with Crippen molar-refractivity contribution < 1.29 is 14.7 Å². The molecule has 5 heteroatoms. The molecule has 0 bridgehead atoms. The van der Waals surface area contributed by atoms with E-state index in [0.29, 0.717) is 13.0 Å². The summed E-state index contributed by atoms with van der Waals surface area (Å²) in [6, 6.07) is -0.523. The van der Waals surface area contributed by atoms with E-state index in [0.717, 1.165) is 6.42 Å². The Morgan fingerprint density at radius 3 is 2.77 bits per heavy atom. The minimum Gasteiger partial charge on any atom is -0.480 e. The molecule has 0 saturated carbocycles. The van der Waals surface area contributed by atoms with E-state index in [4.69, 9.17) is 5.11 Å². The molecule has 5 nitrogen and oxygen atoms in total. The Hall–Kier alpha value is -1.10. The van der Waals surface area contributed by atoms with Gasteiger partial charge in [0, 0.05) is 13.0 Å². The van der Waals surface area contributed by atoms with E-state index in [1.54, 1.807) is 0 Å². The van der Waals surface area contributed by atoms with Crippen LogP contribution >= 0.6 is 0 Å². The van der Waals surface area contributed by atoms with Crippen molar-refractivity contribution in [2.24, 2.45) is 0 Å². The highest BCUT2D eigenvalue weighted by molar-refractivity contribution is 5.75. The molecule has 0 radical (unpaired) electrons. The summed E-state index contributed by atoms with van der Waals surface area (Å²) in [4.78, 5) is 21.3. The second kappa shape index (κ2) is 4.23. The van der Waals surface area contributed by atoms with Crippen LogP contribution in [0.5, 0.6) is 0 Å². The molecule has 1 amide bonds. The van der Waals surface area contributed by atoms with Crippen LogP contribution in [0.3, 0.4) is 0 Å². The van der Waals surface area contributed by atoms with Gasteiger partial charge in [-0.1, -0.05) is 0 Å². The van der Waals surface area contributed by atoms with Crippen LogP contribution in [0.2, 0.25) is 0 Å². The second-order valence-corrected chi connectivity index (χ2v) is 3.27. The molecule has 0 aromatic heterocycles.